The first-order chi connectivity index (χ1) is 6.27. The Morgan fingerprint density at radius 2 is 2.23 bits per heavy atom. The highest BCUT2D eigenvalue weighted by molar-refractivity contribution is 5.67. The van der Waals surface area contributed by atoms with E-state index in [0.717, 1.165) is 32.5 Å². The number of ether oxygens (including phenoxy) is 1. The summed E-state index contributed by atoms with van der Waals surface area (Å²) >= 11 is 0. The van der Waals surface area contributed by atoms with E-state index in [1.807, 2.05) is 0 Å². The average Bonchev–Trinajstić information content (AvgIpc) is 2.18. The lowest BCUT2D eigenvalue weighted by Crippen LogP contribution is -2.41. The number of piperidine rings is 1. The van der Waals surface area contributed by atoms with Crippen molar-refractivity contribution in [1.29, 1.82) is 0 Å². The molecule has 1 aliphatic heterocycles. The van der Waals surface area contributed by atoms with Gasteiger partial charge in [-0.05, 0) is 18.8 Å². The Morgan fingerprint density at radius 1 is 1.62 bits per heavy atom. The second-order valence-electron chi connectivity index (χ2n) is 3.31. The minimum atomic E-state index is -0.223. The highest BCUT2D eigenvalue weighted by atomic mass is 16.5. The Morgan fingerprint density at radius 3 is 2.69 bits per heavy atom. The van der Waals surface area contributed by atoms with E-state index < -0.39 is 0 Å². The van der Waals surface area contributed by atoms with Crippen LogP contribution in [0.25, 0.3) is 0 Å². The topological polar surface area (TPSA) is 67.6 Å². The van der Waals surface area contributed by atoms with Crippen molar-refractivity contribution in [2.75, 3.05) is 26.7 Å². The standard InChI is InChI=1S/C8H17N3O2/c1-13-8(12)11-4-2-7(3-5-11)6-10-9/h7,10H,2-6,9H2,1H3. The molecule has 1 heterocycles. The van der Waals surface area contributed by atoms with Gasteiger partial charge < -0.3 is 9.64 Å². The van der Waals surface area contributed by atoms with Gasteiger partial charge in [-0.15, -0.1) is 0 Å². The van der Waals surface area contributed by atoms with Gasteiger partial charge >= 0.3 is 6.09 Å². The fourth-order valence-electron chi connectivity index (χ4n) is 1.62. The van der Waals surface area contributed by atoms with Crippen LogP contribution in [0.5, 0.6) is 0 Å². The lowest BCUT2D eigenvalue weighted by Gasteiger charge is -2.30. The van der Waals surface area contributed by atoms with Gasteiger partial charge in [0.2, 0.25) is 0 Å². The molecule has 5 nitrogen and oxygen atoms in total. The molecular weight excluding hydrogens is 170 g/mol. The molecule has 0 atom stereocenters. The number of hydrogen-bond donors (Lipinski definition) is 2. The summed E-state index contributed by atoms with van der Waals surface area (Å²) in [5.41, 5.74) is 2.66. The molecule has 13 heavy (non-hydrogen) atoms. The molecule has 0 aromatic rings. The number of methoxy groups -OCH3 is 1. The molecule has 1 fully saturated rings. The summed E-state index contributed by atoms with van der Waals surface area (Å²) in [6.45, 7) is 2.38. The summed E-state index contributed by atoms with van der Waals surface area (Å²) in [7, 11) is 1.41. The van der Waals surface area contributed by atoms with Crippen LogP contribution in [0.4, 0.5) is 4.79 Å². The summed E-state index contributed by atoms with van der Waals surface area (Å²) in [5.74, 6) is 5.81. The van der Waals surface area contributed by atoms with Gasteiger partial charge in [0.15, 0.2) is 0 Å². The van der Waals surface area contributed by atoms with Gasteiger partial charge in [0.1, 0.15) is 0 Å². The molecule has 0 unspecified atom stereocenters. The van der Waals surface area contributed by atoms with E-state index in [0.29, 0.717) is 5.92 Å². The van der Waals surface area contributed by atoms with Gasteiger partial charge in [0.05, 0.1) is 7.11 Å². The van der Waals surface area contributed by atoms with Crippen LogP contribution >= 0.6 is 0 Å². The molecule has 1 saturated heterocycles. The van der Waals surface area contributed by atoms with E-state index in [9.17, 15) is 4.79 Å². The zero-order valence-electron chi connectivity index (χ0n) is 7.95. The van der Waals surface area contributed by atoms with Crippen LogP contribution in [-0.4, -0.2) is 37.7 Å². The van der Waals surface area contributed by atoms with Crippen LogP contribution in [0, 0.1) is 5.92 Å². The number of carbonyl (C=O) groups excluding carboxylic acids is 1. The summed E-state index contributed by atoms with van der Waals surface area (Å²) in [4.78, 5) is 12.8. The third kappa shape index (κ3) is 2.86. The average molecular weight is 187 g/mol. The molecule has 76 valence electrons. The maximum absolute atomic E-state index is 11.1. The summed E-state index contributed by atoms with van der Waals surface area (Å²) < 4.78 is 4.63. The minimum absolute atomic E-state index is 0.223. The first-order valence-electron chi connectivity index (χ1n) is 4.54. The fraction of sp³-hybridized carbons (Fsp3) is 0.875. The Hall–Kier alpha value is -0.810. The van der Waals surface area contributed by atoms with Gasteiger partial charge in [-0.2, -0.15) is 0 Å². The summed E-state index contributed by atoms with van der Waals surface area (Å²) in [6.07, 6.45) is 1.78. The predicted octanol–water partition coefficient (Wildman–Crippen LogP) is -0.0719. The van der Waals surface area contributed by atoms with Crippen molar-refractivity contribution < 1.29 is 9.53 Å². The number of amides is 1. The lowest BCUT2D eigenvalue weighted by molar-refractivity contribution is 0.106. The first kappa shape index (κ1) is 10.3. The third-order valence-corrected chi connectivity index (χ3v) is 2.45. The molecular formula is C8H17N3O2. The Balaban J connectivity index is 2.26. The van der Waals surface area contributed by atoms with Crippen molar-refractivity contribution >= 4 is 6.09 Å². The molecule has 0 spiro atoms. The first-order valence-corrected chi connectivity index (χ1v) is 4.54. The molecule has 1 amide bonds. The number of nitrogens with zero attached hydrogens (tertiary/aromatic N) is 1. The van der Waals surface area contributed by atoms with Crippen molar-refractivity contribution in [1.82, 2.24) is 10.3 Å². The smallest absolute Gasteiger partial charge is 0.409 e. The van der Waals surface area contributed by atoms with Gasteiger partial charge in [-0.25, -0.2) is 4.79 Å². The van der Waals surface area contributed by atoms with E-state index in [-0.39, 0.29) is 6.09 Å². The highest BCUT2D eigenvalue weighted by Gasteiger charge is 2.22. The van der Waals surface area contributed by atoms with Gasteiger partial charge in [0.25, 0.3) is 0 Å². The van der Waals surface area contributed by atoms with Crippen LogP contribution in [0.3, 0.4) is 0 Å². The van der Waals surface area contributed by atoms with Crippen LogP contribution < -0.4 is 11.3 Å². The van der Waals surface area contributed by atoms with Crippen molar-refractivity contribution in [3.05, 3.63) is 0 Å². The SMILES string of the molecule is COC(=O)N1CCC(CNN)CC1. The molecule has 3 N–H and O–H groups in total. The van der Waals surface area contributed by atoms with Crippen molar-refractivity contribution in [3.63, 3.8) is 0 Å². The summed E-state index contributed by atoms with van der Waals surface area (Å²) in [5, 5.41) is 0. The molecule has 0 radical (unpaired) electrons. The van der Waals surface area contributed by atoms with Crippen molar-refractivity contribution in [3.8, 4) is 0 Å². The van der Waals surface area contributed by atoms with E-state index >= 15 is 0 Å². The van der Waals surface area contributed by atoms with E-state index in [1.165, 1.54) is 7.11 Å². The molecule has 1 aliphatic rings. The monoisotopic (exact) mass is 187 g/mol. The minimum Gasteiger partial charge on any atom is -0.453 e. The molecule has 5 heteroatoms. The highest BCUT2D eigenvalue weighted by Crippen LogP contribution is 2.16. The van der Waals surface area contributed by atoms with Crippen molar-refractivity contribution in [2.24, 2.45) is 11.8 Å². The number of rotatable bonds is 2. The molecule has 0 bridgehead atoms. The molecule has 0 aliphatic carbocycles. The number of nitrogens with two attached hydrogens (primary N) is 1. The molecule has 1 rings (SSSR count). The van der Waals surface area contributed by atoms with E-state index in [4.69, 9.17) is 5.84 Å². The third-order valence-electron chi connectivity index (χ3n) is 2.45. The molecule has 0 aromatic carbocycles. The van der Waals surface area contributed by atoms with Gasteiger partial charge in [-0.3, -0.25) is 11.3 Å². The summed E-state index contributed by atoms with van der Waals surface area (Å²) in [6, 6.07) is 0. The lowest BCUT2D eigenvalue weighted by atomic mass is 9.97. The number of likely N-dealkylation sites (tertiary alicyclic amines) is 1. The maximum atomic E-state index is 11.1. The normalized spacial score (nSPS) is 18.8. The van der Waals surface area contributed by atoms with Crippen LogP contribution in [0.15, 0.2) is 0 Å². The Bertz CT molecular complexity index is 167. The molecule has 0 saturated carbocycles. The fourth-order valence-corrected chi connectivity index (χ4v) is 1.62. The van der Waals surface area contributed by atoms with Crippen LogP contribution in [0.1, 0.15) is 12.8 Å². The van der Waals surface area contributed by atoms with Gasteiger partial charge in [0, 0.05) is 19.6 Å². The zero-order chi connectivity index (χ0) is 9.68. The van der Waals surface area contributed by atoms with Gasteiger partial charge in [-0.1, -0.05) is 0 Å². The maximum Gasteiger partial charge on any atom is 0.409 e. The van der Waals surface area contributed by atoms with E-state index in [2.05, 4.69) is 10.2 Å². The number of carbonyl (C=O) groups is 1. The quantitative estimate of drug-likeness (QED) is 0.469. The van der Waals surface area contributed by atoms with Crippen LogP contribution in [-0.2, 0) is 4.74 Å². The largest absolute Gasteiger partial charge is 0.453 e. The Labute approximate surface area is 78.2 Å². The second-order valence-corrected chi connectivity index (χ2v) is 3.31. The zero-order valence-corrected chi connectivity index (χ0v) is 7.95. The number of nitrogens with one attached hydrogen (secondary N) is 1. The predicted molar refractivity (Wildman–Crippen MR) is 48.9 cm³/mol. The Kier molecular flexibility index (Phi) is 3.98. The number of hydrogen-bond acceptors (Lipinski definition) is 4. The molecule has 0 aromatic heterocycles. The van der Waals surface area contributed by atoms with Crippen LogP contribution in [0.2, 0.25) is 0 Å². The number of hydrazine groups is 1. The second kappa shape index (κ2) is 5.04. The van der Waals surface area contributed by atoms with Crippen molar-refractivity contribution in [2.45, 2.75) is 12.8 Å². The van der Waals surface area contributed by atoms with E-state index in [1.54, 1.807) is 4.90 Å².